The van der Waals surface area contributed by atoms with E-state index in [2.05, 4.69) is 43.7 Å². The fourth-order valence-electron chi connectivity index (χ4n) is 2.09. The fraction of sp³-hybridized carbons (Fsp3) is 0.769. The second-order valence-electron chi connectivity index (χ2n) is 4.84. The van der Waals surface area contributed by atoms with Gasteiger partial charge in [-0.25, -0.2) is 0 Å². The van der Waals surface area contributed by atoms with E-state index in [1.807, 2.05) is 18.8 Å². The minimum absolute atomic E-state index is 0.365. The van der Waals surface area contributed by atoms with Crippen LogP contribution in [0.15, 0.2) is 0 Å². The van der Waals surface area contributed by atoms with Crippen molar-refractivity contribution in [2.24, 2.45) is 0 Å². The van der Waals surface area contributed by atoms with E-state index in [0.717, 1.165) is 25.3 Å². The molecular weight excluding hydrogens is 288 g/mol. The summed E-state index contributed by atoms with van der Waals surface area (Å²) in [6.45, 7) is 5.22. The second kappa shape index (κ2) is 8.23. The largest absolute Gasteiger partial charge is 0.378 e. The zero-order chi connectivity index (χ0) is 15.1. The molecule has 0 aliphatic carbocycles. The fourth-order valence-corrected chi connectivity index (χ4v) is 2.81. The van der Waals surface area contributed by atoms with Crippen LogP contribution in [0.25, 0.3) is 0 Å². The van der Waals surface area contributed by atoms with E-state index in [9.17, 15) is 0 Å². The third kappa shape index (κ3) is 4.60. The van der Waals surface area contributed by atoms with Gasteiger partial charge in [0, 0.05) is 31.9 Å². The molecule has 8 heteroatoms. The molecular formula is C13H24N6OS. The molecule has 1 atom stereocenters. The molecule has 2 heterocycles. The molecule has 1 fully saturated rings. The maximum absolute atomic E-state index is 5.38. The number of hydrogen-bond acceptors (Lipinski definition) is 8. The van der Waals surface area contributed by atoms with Gasteiger partial charge < -0.3 is 20.3 Å². The molecule has 1 aromatic heterocycles. The van der Waals surface area contributed by atoms with Gasteiger partial charge in [-0.2, -0.15) is 26.7 Å². The molecule has 118 valence electrons. The van der Waals surface area contributed by atoms with Crippen molar-refractivity contribution in [1.29, 1.82) is 0 Å². The van der Waals surface area contributed by atoms with E-state index in [1.54, 1.807) is 0 Å². The van der Waals surface area contributed by atoms with Crippen molar-refractivity contribution in [2.75, 3.05) is 60.9 Å². The Hall–Kier alpha value is -1.28. The lowest BCUT2D eigenvalue weighted by molar-refractivity contribution is 0.122. The van der Waals surface area contributed by atoms with Gasteiger partial charge in [0.05, 0.1) is 13.2 Å². The number of thioether (sulfide) groups is 1. The van der Waals surface area contributed by atoms with Crippen molar-refractivity contribution < 1.29 is 4.74 Å². The first-order chi connectivity index (χ1) is 10.3. The summed E-state index contributed by atoms with van der Waals surface area (Å²) in [5, 5.41) is 6.41. The van der Waals surface area contributed by atoms with Crippen molar-refractivity contribution in [3.05, 3.63) is 0 Å². The molecule has 2 rings (SSSR count). The number of morpholine rings is 1. The van der Waals surface area contributed by atoms with Crippen molar-refractivity contribution >= 4 is 29.6 Å². The van der Waals surface area contributed by atoms with Crippen LogP contribution in [0.3, 0.4) is 0 Å². The molecule has 0 amide bonds. The van der Waals surface area contributed by atoms with Crippen LogP contribution < -0.4 is 15.5 Å². The van der Waals surface area contributed by atoms with Crippen LogP contribution >= 0.6 is 11.8 Å². The predicted octanol–water partition coefficient (Wildman–Crippen LogP) is 1.30. The Labute approximate surface area is 130 Å². The summed E-state index contributed by atoms with van der Waals surface area (Å²) in [5.74, 6) is 2.97. The second-order valence-corrected chi connectivity index (χ2v) is 5.75. The number of hydrogen-bond donors (Lipinski definition) is 2. The van der Waals surface area contributed by atoms with Gasteiger partial charge in [-0.05, 0) is 12.7 Å². The average molecular weight is 312 g/mol. The zero-order valence-corrected chi connectivity index (χ0v) is 13.7. The zero-order valence-electron chi connectivity index (χ0n) is 12.9. The SMILES string of the molecule is CCC(CSC)Nc1nc(NC)nc(N2CCOCC2)n1. The number of anilines is 3. The maximum Gasteiger partial charge on any atom is 0.232 e. The van der Waals surface area contributed by atoms with Gasteiger partial charge in [-0.15, -0.1) is 0 Å². The van der Waals surface area contributed by atoms with Crippen molar-refractivity contribution in [2.45, 2.75) is 19.4 Å². The van der Waals surface area contributed by atoms with Crippen LogP contribution in [0, 0.1) is 0 Å². The van der Waals surface area contributed by atoms with Gasteiger partial charge in [-0.1, -0.05) is 6.92 Å². The quantitative estimate of drug-likeness (QED) is 0.780. The molecule has 1 aliphatic heterocycles. The van der Waals surface area contributed by atoms with Crippen molar-refractivity contribution in [3.8, 4) is 0 Å². The maximum atomic E-state index is 5.38. The molecule has 2 N–H and O–H groups in total. The van der Waals surface area contributed by atoms with E-state index in [1.165, 1.54) is 0 Å². The molecule has 0 aromatic carbocycles. The topological polar surface area (TPSA) is 75.2 Å². The molecule has 0 spiro atoms. The molecule has 1 aromatic rings. The minimum Gasteiger partial charge on any atom is -0.378 e. The lowest BCUT2D eigenvalue weighted by atomic mass is 10.3. The summed E-state index contributed by atoms with van der Waals surface area (Å²) in [4.78, 5) is 15.5. The summed E-state index contributed by atoms with van der Waals surface area (Å²) < 4.78 is 5.38. The summed E-state index contributed by atoms with van der Waals surface area (Å²) in [6, 6.07) is 0.365. The summed E-state index contributed by atoms with van der Waals surface area (Å²) in [5.41, 5.74) is 0. The number of aromatic nitrogens is 3. The van der Waals surface area contributed by atoms with Crippen molar-refractivity contribution in [3.63, 3.8) is 0 Å². The average Bonchev–Trinajstić information content (AvgIpc) is 2.55. The van der Waals surface area contributed by atoms with E-state index < -0.39 is 0 Å². The third-order valence-electron chi connectivity index (χ3n) is 3.34. The Morgan fingerprint density at radius 3 is 2.57 bits per heavy atom. The molecule has 0 bridgehead atoms. The molecule has 1 unspecified atom stereocenters. The van der Waals surface area contributed by atoms with Crippen LogP contribution in [0.1, 0.15) is 13.3 Å². The van der Waals surface area contributed by atoms with E-state index >= 15 is 0 Å². The molecule has 0 saturated carbocycles. The van der Waals surface area contributed by atoms with Gasteiger partial charge in [-0.3, -0.25) is 0 Å². The molecule has 1 saturated heterocycles. The van der Waals surface area contributed by atoms with Gasteiger partial charge >= 0.3 is 0 Å². The highest BCUT2D eigenvalue weighted by Gasteiger charge is 2.17. The first-order valence-electron chi connectivity index (χ1n) is 7.28. The summed E-state index contributed by atoms with van der Waals surface area (Å²) in [7, 11) is 1.82. The molecule has 1 aliphatic rings. The first kappa shape index (κ1) is 16.1. The smallest absolute Gasteiger partial charge is 0.232 e. The number of nitrogens with one attached hydrogen (secondary N) is 2. The highest BCUT2D eigenvalue weighted by Crippen LogP contribution is 2.16. The Bertz CT molecular complexity index is 441. The van der Waals surface area contributed by atoms with Crippen LogP contribution in [0.2, 0.25) is 0 Å². The van der Waals surface area contributed by atoms with Gasteiger partial charge in [0.1, 0.15) is 0 Å². The minimum atomic E-state index is 0.365. The Morgan fingerprint density at radius 2 is 1.95 bits per heavy atom. The first-order valence-corrected chi connectivity index (χ1v) is 8.68. The Kier molecular flexibility index (Phi) is 6.31. The predicted molar refractivity (Wildman–Crippen MR) is 88.5 cm³/mol. The number of ether oxygens (including phenoxy) is 1. The van der Waals surface area contributed by atoms with E-state index in [4.69, 9.17) is 4.74 Å². The lowest BCUT2D eigenvalue weighted by Gasteiger charge is -2.27. The Balaban J connectivity index is 2.16. The van der Waals surface area contributed by atoms with Gasteiger partial charge in [0.25, 0.3) is 0 Å². The Morgan fingerprint density at radius 1 is 1.24 bits per heavy atom. The summed E-state index contributed by atoms with van der Waals surface area (Å²) in [6.07, 6.45) is 3.14. The summed E-state index contributed by atoms with van der Waals surface area (Å²) >= 11 is 1.82. The van der Waals surface area contributed by atoms with Crippen molar-refractivity contribution in [1.82, 2.24) is 15.0 Å². The standard InChI is InChI=1S/C13H24N6OS/c1-4-10(9-21-3)15-12-16-11(14-2)17-13(18-12)19-5-7-20-8-6-19/h10H,4-9H2,1-3H3,(H2,14,15,16,17,18). The van der Waals surface area contributed by atoms with Gasteiger partial charge in [0.2, 0.25) is 17.8 Å². The van der Waals surface area contributed by atoms with Gasteiger partial charge in [0.15, 0.2) is 0 Å². The van der Waals surface area contributed by atoms with Crippen LogP contribution in [-0.2, 0) is 4.74 Å². The highest BCUT2D eigenvalue weighted by atomic mass is 32.2. The number of rotatable bonds is 7. The molecule has 7 nitrogen and oxygen atoms in total. The van der Waals surface area contributed by atoms with E-state index in [-0.39, 0.29) is 0 Å². The monoisotopic (exact) mass is 312 g/mol. The highest BCUT2D eigenvalue weighted by molar-refractivity contribution is 7.98. The van der Waals surface area contributed by atoms with Crippen LogP contribution in [-0.4, -0.2) is 66.4 Å². The molecule has 21 heavy (non-hydrogen) atoms. The normalized spacial score (nSPS) is 16.6. The number of nitrogens with zero attached hydrogens (tertiary/aromatic N) is 4. The van der Waals surface area contributed by atoms with Crippen LogP contribution in [0.5, 0.6) is 0 Å². The van der Waals surface area contributed by atoms with Crippen LogP contribution in [0.4, 0.5) is 17.8 Å². The van der Waals surface area contributed by atoms with E-state index in [0.29, 0.717) is 37.1 Å². The third-order valence-corrected chi connectivity index (χ3v) is 4.07. The lowest BCUT2D eigenvalue weighted by Crippen LogP contribution is -2.37. The molecule has 0 radical (unpaired) electrons.